The molecule has 1 saturated heterocycles. The summed E-state index contributed by atoms with van der Waals surface area (Å²) in [6.45, 7) is 6.18. The summed E-state index contributed by atoms with van der Waals surface area (Å²) < 4.78 is 23.6. The third kappa shape index (κ3) is 2.69. The van der Waals surface area contributed by atoms with Gasteiger partial charge in [-0.25, -0.2) is 8.42 Å². The second-order valence-corrected chi connectivity index (χ2v) is 7.90. The number of H-pyrrole nitrogens is 1. The van der Waals surface area contributed by atoms with Gasteiger partial charge in [0.2, 0.25) is 0 Å². The predicted molar refractivity (Wildman–Crippen MR) is 75.4 cm³/mol. The summed E-state index contributed by atoms with van der Waals surface area (Å²) in [6, 6.07) is 0.0904. The minimum Gasteiger partial charge on any atom is -0.335 e. The van der Waals surface area contributed by atoms with Gasteiger partial charge < -0.3 is 4.90 Å². The van der Waals surface area contributed by atoms with E-state index in [9.17, 15) is 13.2 Å². The Morgan fingerprint density at radius 1 is 1.50 bits per heavy atom. The van der Waals surface area contributed by atoms with Crippen molar-refractivity contribution in [3.63, 3.8) is 0 Å². The van der Waals surface area contributed by atoms with Crippen LogP contribution in [-0.2, 0) is 9.05 Å². The second-order valence-electron chi connectivity index (χ2n) is 5.40. The Kier molecular flexibility index (Phi) is 4.11. The SMILES string of the molecule is CC(C)c1[nH]nc(C(=O)N2CCCC2C)c1S(=O)(=O)Cl. The third-order valence-corrected chi connectivity index (χ3v) is 4.95. The Bertz CT molecular complexity index is 624. The van der Waals surface area contributed by atoms with Crippen molar-refractivity contribution in [2.24, 2.45) is 0 Å². The number of aromatic amines is 1. The highest BCUT2D eigenvalue weighted by Crippen LogP contribution is 2.30. The van der Waals surface area contributed by atoms with Crippen LogP contribution < -0.4 is 0 Å². The lowest BCUT2D eigenvalue weighted by molar-refractivity contribution is 0.0737. The van der Waals surface area contributed by atoms with Crippen LogP contribution in [-0.4, -0.2) is 42.0 Å². The van der Waals surface area contributed by atoms with Crippen LogP contribution in [0, 0.1) is 0 Å². The molecule has 6 nitrogen and oxygen atoms in total. The first-order valence-electron chi connectivity index (χ1n) is 6.57. The number of hydrogen-bond acceptors (Lipinski definition) is 4. The number of nitrogens with one attached hydrogen (secondary N) is 1. The molecule has 20 heavy (non-hydrogen) atoms. The van der Waals surface area contributed by atoms with E-state index in [2.05, 4.69) is 10.2 Å². The highest BCUT2D eigenvalue weighted by atomic mass is 35.7. The van der Waals surface area contributed by atoms with Gasteiger partial charge in [0.15, 0.2) is 5.69 Å². The van der Waals surface area contributed by atoms with Gasteiger partial charge >= 0.3 is 0 Å². The first kappa shape index (κ1) is 15.3. The van der Waals surface area contributed by atoms with Gasteiger partial charge in [-0.1, -0.05) is 13.8 Å². The molecule has 1 N–H and O–H groups in total. The van der Waals surface area contributed by atoms with E-state index >= 15 is 0 Å². The summed E-state index contributed by atoms with van der Waals surface area (Å²) in [5.41, 5.74) is 0.271. The molecule has 0 aromatic carbocycles. The van der Waals surface area contributed by atoms with E-state index in [0.29, 0.717) is 12.2 Å². The fourth-order valence-corrected chi connectivity index (χ4v) is 3.88. The van der Waals surface area contributed by atoms with E-state index in [-0.39, 0.29) is 28.5 Å². The molecule has 1 aromatic rings. The van der Waals surface area contributed by atoms with E-state index in [1.807, 2.05) is 20.8 Å². The van der Waals surface area contributed by atoms with E-state index in [0.717, 1.165) is 12.8 Å². The van der Waals surface area contributed by atoms with Crippen LogP contribution in [0.25, 0.3) is 0 Å². The molecule has 2 heterocycles. The van der Waals surface area contributed by atoms with Crippen molar-refractivity contribution < 1.29 is 13.2 Å². The number of nitrogens with zero attached hydrogens (tertiary/aromatic N) is 2. The Balaban J connectivity index is 2.50. The van der Waals surface area contributed by atoms with Crippen molar-refractivity contribution in [2.75, 3.05) is 6.54 Å². The smallest absolute Gasteiger partial charge is 0.276 e. The predicted octanol–water partition coefficient (Wildman–Crippen LogP) is 2.09. The van der Waals surface area contributed by atoms with Gasteiger partial charge in [0.05, 0.1) is 5.69 Å². The molecule has 0 saturated carbocycles. The maximum atomic E-state index is 12.5. The number of amides is 1. The van der Waals surface area contributed by atoms with Crippen molar-refractivity contribution in [2.45, 2.75) is 50.5 Å². The molecule has 1 aliphatic heterocycles. The maximum Gasteiger partial charge on any atom is 0.276 e. The molecule has 0 radical (unpaired) electrons. The van der Waals surface area contributed by atoms with E-state index in [1.54, 1.807) is 4.90 Å². The molecule has 1 fully saturated rings. The van der Waals surface area contributed by atoms with Gasteiger partial charge in [0, 0.05) is 23.3 Å². The van der Waals surface area contributed by atoms with E-state index in [1.165, 1.54) is 0 Å². The molecule has 1 aromatic heterocycles. The van der Waals surface area contributed by atoms with Crippen LogP contribution in [0.15, 0.2) is 4.90 Å². The molecule has 0 bridgehead atoms. The van der Waals surface area contributed by atoms with Gasteiger partial charge in [-0.15, -0.1) is 0 Å². The van der Waals surface area contributed by atoms with Gasteiger partial charge in [-0.3, -0.25) is 9.89 Å². The zero-order valence-corrected chi connectivity index (χ0v) is 13.3. The zero-order chi connectivity index (χ0) is 15.1. The zero-order valence-electron chi connectivity index (χ0n) is 11.7. The first-order valence-corrected chi connectivity index (χ1v) is 8.88. The van der Waals surface area contributed by atoms with Crippen molar-refractivity contribution >= 4 is 25.6 Å². The number of carbonyl (C=O) groups is 1. The van der Waals surface area contributed by atoms with Crippen LogP contribution in [0.1, 0.15) is 55.7 Å². The lowest BCUT2D eigenvalue weighted by Gasteiger charge is -2.20. The normalized spacial score (nSPS) is 19.9. The van der Waals surface area contributed by atoms with Crippen LogP contribution in [0.5, 0.6) is 0 Å². The highest BCUT2D eigenvalue weighted by molar-refractivity contribution is 8.13. The average Bonchev–Trinajstić information content (AvgIpc) is 2.92. The fraction of sp³-hybridized carbons (Fsp3) is 0.667. The number of rotatable bonds is 3. The molecule has 112 valence electrons. The quantitative estimate of drug-likeness (QED) is 0.865. The number of likely N-dealkylation sites (tertiary alicyclic amines) is 1. The molecule has 0 aliphatic carbocycles. The second kappa shape index (κ2) is 5.37. The Morgan fingerprint density at radius 3 is 2.60 bits per heavy atom. The third-order valence-electron chi connectivity index (χ3n) is 3.59. The lowest BCUT2D eigenvalue weighted by atomic mass is 10.1. The molecule has 8 heteroatoms. The number of carbonyl (C=O) groups excluding carboxylic acids is 1. The molecule has 2 rings (SSSR count). The summed E-state index contributed by atoms with van der Waals surface area (Å²) in [5, 5.41) is 6.54. The summed E-state index contributed by atoms with van der Waals surface area (Å²) in [4.78, 5) is 13.9. The van der Waals surface area contributed by atoms with Crippen LogP contribution in [0.3, 0.4) is 0 Å². The molecule has 0 spiro atoms. The van der Waals surface area contributed by atoms with E-state index in [4.69, 9.17) is 10.7 Å². The Labute approximate surface area is 122 Å². The molecule has 1 aliphatic rings. The van der Waals surface area contributed by atoms with Crippen molar-refractivity contribution in [1.82, 2.24) is 15.1 Å². The van der Waals surface area contributed by atoms with Gasteiger partial charge in [-0.05, 0) is 25.7 Å². The van der Waals surface area contributed by atoms with Gasteiger partial charge in [0.25, 0.3) is 15.0 Å². The van der Waals surface area contributed by atoms with Crippen LogP contribution in [0.2, 0.25) is 0 Å². The van der Waals surface area contributed by atoms with Crippen LogP contribution in [0.4, 0.5) is 0 Å². The van der Waals surface area contributed by atoms with Crippen LogP contribution >= 0.6 is 10.7 Å². The Morgan fingerprint density at radius 2 is 2.15 bits per heavy atom. The van der Waals surface area contributed by atoms with Crippen molar-refractivity contribution in [3.05, 3.63) is 11.4 Å². The lowest BCUT2D eigenvalue weighted by Crippen LogP contribution is -2.34. The minimum absolute atomic E-state index is 0.0904. The van der Waals surface area contributed by atoms with Gasteiger partial charge in [-0.2, -0.15) is 5.10 Å². The van der Waals surface area contributed by atoms with Crippen molar-refractivity contribution in [1.29, 1.82) is 0 Å². The maximum absolute atomic E-state index is 12.5. The summed E-state index contributed by atoms with van der Waals surface area (Å²) >= 11 is 0. The summed E-state index contributed by atoms with van der Waals surface area (Å²) in [6.07, 6.45) is 1.83. The topological polar surface area (TPSA) is 83.1 Å². The standard InChI is InChI=1S/C12H18ClN3O3S/c1-7(2)9-11(20(13,18)19)10(15-14-9)12(17)16-6-4-5-8(16)3/h7-8H,4-6H2,1-3H3,(H,14,15). The number of halogens is 1. The Hall–Kier alpha value is -1.08. The molecule has 1 unspecified atom stereocenters. The summed E-state index contributed by atoms with van der Waals surface area (Å²) in [7, 11) is 1.46. The average molecular weight is 320 g/mol. The number of aromatic nitrogens is 2. The minimum atomic E-state index is -4.03. The fourth-order valence-electron chi connectivity index (χ4n) is 2.50. The molecular weight excluding hydrogens is 302 g/mol. The molecule has 1 amide bonds. The monoisotopic (exact) mass is 319 g/mol. The largest absolute Gasteiger partial charge is 0.335 e. The molecule has 1 atom stereocenters. The number of hydrogen-bond donors (Lipinski definition) is 1. The van der Waals surface area contributed by atoms with Crippen molar-refractivity contribution in [3.8, 4) is 0 Å². The van der Waals surface area contributed by atoms with E-state index < -0.39 is 9.05 Å². The van der Waals surface area contributed by atoms with Gasteiger partial charge in [0.1, 0.15) is 4.90 Å². The first-order chi connectivity index (χ1) is 9.23. The highest BCUT2D eigenvalue weighted by Gasteiger charge is 2.34. The molecular formula is C12H18ClN3O3S. The summed E-state index contributed by atoms with van der Waals surface area (Å²) in [5.74, 6) is -0.499.